The first-order valence-corrected chi connectivity index (χ1v) is 8.12. The Hall–Kier alpha value is -1.01. The minimum absolute atomic E-state index is 0.917. The van der Waals surface area contributed by atoms with Crippen LogP contribution in [0.1, 0.15) is 6.92 Å². The molecule has 15 heavy (non-hydrogen) atoms. The molecule has 2 aliphatic heterocycles. The summed E-state index contributed by atoms with van der Waals surface area (Å²) in [5.74, 6) is 1.83. The van der Waals surface area contributed by atoms with Crippen LogP contribution in [0.5, 0.6) is 11.5 Å². The first kappa shape index (κ1) is 9.23. The molecule has 1 aromatic carbocycles. The van der Waals surface area contributed by atoms with Gasteiger partial charge in [0.05, 0.1) is 0 Å². The number of hydrogen-bond donors (Lipinski definition) is 0. The third-order valence-corrected chi connectivity index (χ3v) is 6.93. The quantitative estimate of drug-likeness (QED) is 0.494. The van der Waals surface area contributed by atoms with Gasteiger partial charge < -0.3 is 0 Å². The Morgan fingerprint density at radius 1 is 1.13 bits per heavy atom. The average molecular weight is 222 g/mol. The number of allylic oxidation sites excluding steroid dienone is 2. The summed E-state index contributed by atoms with van der Waals surface area (Å²) < 4.78 is 12.3. The Balaban J connectivity index is 2.02. The van der Waals surface area contributed by atoms with Gasteiger partial charge in [-0.25, -0.2) is 0 Å². The normalized spacial score (nSPS) is 27.1. The summed E-state index contributed by atoms with van der Waals surface area (Å²) >= 11 is 0. The SMILES string of the molecule is CC1=CCP2(C)(C1)Oc1ccccc1O2. The van der Waals surface area contributed by atoms with Crippen LogP contribution in [-0.4, -0.2) is 19.0 Å². The Morgan fingerprint density at radius 3 is 2.20 bits per heavy atom. The minimum atomic E-state index is -2.40. The van der Waals surface area contributed by atoms with E-state index in [9.17, 15) is 0 Å². The standard InChI is InChI=1S/C12H15O2P/c1-10-7-8-15(2,9-10)13-11-5-3-4-6-12(11)14-15/h3-7H,8-9H2,1-2H3. The van der Waals surface area contributed by atoms with Crippen molar-refractivity contribution in [2.75, 3.05) is 19.0 Å². The molecule has 0 aliphatic carbocycles. The molecule has 0 saturated carbocycles. The van der Waals surface area contributed by atoms with Crippen molar-refractivity contribution in [1.82, 2.24) is 0 Å². The molecule has 80 valence electrons. The predicted octanol–water partition coefficient (Wildman–Crippen LogP) is 3.43. The summed E-state index contributed by atoms with van der Waals surface area (Å²) in [6.07, 6.45) is 4.18. The van der Waals surface area contributed by atoms with Gasteiger partial charge in [0, 0.05) is 0 Å². The Kier molecular flexibility index (Phi) is 1.58. The molecule has 2 aliphatic rings. The van der Waals surface area contributed by atoms with E-state index in [1.807, 2.05) is 24.3 Å². The van der Waals surface area contributed by atoms with Crippen LogP contribution in [-0.2, 0) is 0 Å². The molecule has 0 atom stereocenters. The molecular formula is C12H15O2P. The molecular weight excluding hydrogens is 207 g/mol. The van der Waals surface area contributed by atoms with E-state index in [4.69, 9.17) is 9.05 Å². The first-order chi connectivity index (χ1) is 7.07. The molecule has 0 bridgehead atoms. The van der Waals surface area contributed by atoms with E-state index in [2.05, 4.69) is 19.7 Å². The summed E-state index contributed by atoms with van der Waals surface area (Å²) in [6.45, 7) is 4.33. The number of fused-ring (bicyclic) bond motifs is 1. The molecule has 0 saturated heterocycles. The van der Waals surface area contributed by atoms with E-state index < -0.39 is 7.06 Å². The van der Waals surface area contributed by atoms with Crippen LogP contribution in [0, 0.1) is 0 Å². The van der Waals surface area contributed by atoms with Gasteiger partial charge in [0.1, 0.15) is 0 Å². The number of rotatable bonds is 0. The van der Waals surface area contributed by atoms with Crippen LogP contribution in [0.25, 0.3) is 0 Å². The fraction of sp³-hybridized carbons (Fsp3) is 0.333. The van der Waals surface area contributed by atoms with Gasteiger partial charge in [-0.2, -0.15) is 0 Å². The van der Waals surface area contributed by atoms with Crippen molar-refractivity contribution in [2.45, 2.75) is 6.92 Å². The summed E-state index contributed by atoms with van der Waals surface area (Å²) in [4.78, 5) is 0. The van der Waals surface area contributed by atoms with Crippen molar-refractivity contribution in [3.8, 4) is 11.5 Å². The fourth-order valence-electron chi connectivity index (χ4n) is 2.46. The van der Waals surface area contributed by atoms with Gasteiger partial charge in [0.25, 0.3) is 0 Å². The van der Waals surface area contributed by atoms with Crippen LogP contribution in [0.2, 0.25) is 0 Å². The summed E-state index contributed by atoms with van der Waals surface area (Å²) in [7, 11) is -2.40. The van der Waals surface area contributed by atoms with Crippen LogP contribution in [0.3, 0.4) is 0 Å². The monoisotopic (exact) mass is 222 g/mol. The van der Waals surface area contributed by atoms with Crippen molar-refractivity contribution in [1.29, 1.82) is 0 Å². The van der Waals surface area contributed by atoms with Gasteiger partial charge >= 0.3 is 89.4 Å². The van der Waals surface area contributed by atoms with Crippen molar-refractivity contribution in [3.63, 3.8) is 0 Å². The average Bonchev–Trinajstić information content (AvgIpc) is 2.63. The molecule has 3 heteroatoms. The van der Waals surface area contributed by atoms with Crippen molar-refractivity contribution < 1.29 is 9.05 Å². The molecule has 0 unspecified atom stereocenters. The first-order valence-electron chi connectivity index (χ1n) is 5.23. The van der Waals surface area contributed by atoms with Crippen molar-refractivity contribution in [3.05, 3.63) is 35.9 Å². The van der Waals surface area contributed by atoms with Crippen molar-refractivity contribution >= 4 is 7.06 Å². The summed E-state index contributed by atoms with van der Waals surface area (Å²) in [6, 6.07) is 7.97. The molecule has 0 fully saturated rings. The van der Waals surface area contributed by atoms with E-state index in [-0.39, 0.29) is 0 Å². The number of hydrogen-bond acceptors (Lipinski definition) is 2. The third-order valence-electron chi connectivity index (χ3n) is 3.11. The second-order valence-electron chi connectivity index (χ2n) is 4.83. The second kappa shape index (κ2) is 2.56. The number of benzene rings is 1. The van der Waals surface area contributed by atoms with Gasteiger partial charge in [-0.1, -0.05) is 0 Å². The van der Waals surface area contributed by atoms with E-state index in [1.54, 1.807) is 0 Å². The summed E-state index contributed by atoms with van der Waals surface area (Å²) in [5, 5.41) is 0. The molecule has 0 radical (unpaired) electrons. The van der Waals surface area contributed by atoms with E-state index in [0.717, 1.165) is 23.8 Å². The van der Waals surface area contributed by atoms with E-state index in [1.165, 1.54) is 5.57 Å². The van der Waals surface area contributed by atoms with Crippen LogP contribution in [0.15, 0.2) is 35.9 Å². The zero-order valence-electron chi connectivity index (χ0n) is 9.06. The molecule has 2 heterocycles. The molecule has 0 aromatic heterocycles. The zero-order chi connectivity index (χ0) is 10.5. The van der Waals surface area contributed by atoms with E-state index >= 15 is 0 Å². The Labute approximate surface area is 90.0 Å². The second-order valence-corrected chi connectivity index (χ2v) is 9.50. The Bertz CT molecular complexity index is 439. The van der Waals surface area contributed by atoms with Gasteiger partial charge in [-0.15, -0.1) is 0 Å². The molecule has 0 amide bonds. The van der Waals surface area contributed by atoms with E-state index in [0.29, 0.717) is 0 Å². The number of para-hydroxylation sites is 2. The molecule has 1 aromatic rings. The molecule has 3 rings (SSSR count). The van der Waals surface area contributed by atoms with Gasteiger partial charge in [0.15, 0.2) is 0 Å². The molecule has 1 spiro atoms. The van der Waals surface area contributed by atoms with Crippen LogP contribution in [0.4, 0.5) is 0 Å². The topological polar surface area (TPSA) is 18.5 Å². The zero-order valence-corrected chi connectivity index (χ0v) is 9.96. The van der Waals surface area contributed by atoms with Gasteiger partial charge in [0.2, 0.25) is 0 Å². The molecule has 2 nitrogen and oxygen atoms in total. The van der Waals surface area contributed by atoms with Crippen molar-refractivity contribution in [2.24, 2.45) is 0 Å². The van der Waals surface area contributed by atoms with Crippen LogP contribution < -0.4 is 9.05 Å². The van der Waals surface area contributed by atoms with Gasteiger partial charge in [-0.05, 0) is 0 Å². The Morgan fingerprint density at radius 2 is 1.73 bits per heavy atom. The maximum atomic E-state index is 6.17. The predicted molar refractivity (Wildman–Crippen MR) is 64.0 cm³/mol. The van der Waals surface area contributed by atoms with Crippen LogP contribution >= 0.6 is 7.06 Å². The summed E-state index contributed by atoms with van der Waals surface area (Å²) in [5.41, 5.74) is 1.39. The van der Waals surface area contributed by atoms with Gasteiger partial charge in [-0.3, -0.25) is 0 Å². The molecule has 0 N–H and O–H groups in total. The maximum absolute atomic E-state index is 6.17. The fourth-order valence-corrected chi connectivity index (χ4v) is 6.48. The third kappa shape index (κ3) is 1.28.